The largest absolute Gasteiger partial charge is 0.497 e. The lowest BCUT2D eigenvalue weighted by Crippen LogP contribution is -2.11. The molecule has 2 heterocycles. The Morgan fingerprint density at radius 2 is 1.80 bits per heavy atom. The quantitative estimate of drug-likeness (QED) is 0.763. The minimum Gasteiger partial charge on any atom is -0.497 e. The van der Waals surface area contributed by atoms with Crippen LogP contribution in [0.4, 0.5) is 24.7 Å². The topological polar surface area (TPSA) is 59.9 Å². The van der Waals surface area contributed by atoms with E-state index in [2.05, 4.69) is 20.3 Å². The van der Waals surface area contributed by atoms with Gasteiger partial charge in [0.15, 0.2) is 11.5 Å². The summed E-state index contributed by atoms with van der Waals surface area (Å²) in [6, 6.07) is 10.8. The maximum atomic E-state index is 13.2. The van der Waals surface area contributed by atoms with E-state index in [1.165, 1.54) is 19.5 Å². The van der Waals surface area contributed by atoms with Crippen LogP contribution >= 0.6 is 0 Å². The Hall–Kier alpha value is -3.16. The highest BCUT2D eigenvalue weighted by Gasteiger charge is 2.33. The molecule has 0 amide bonds. The molecule has 5 nitrogen and oxygen atoms in total. The van der Waals surface area contributed by atoms with E-state index < -0.39 is 11.9 Å². The van der Waals surface area contributed by atoms with Gasteiger partial charge in [0.25, 0.3) is 0 Å². The molecule has 1 aromatic carbocycles. The van der Waals surface area contributed by atoms with Crippen molar-refractivity contribution in [1.82, 2.24) is 15.0 Å². The van der Waals surface area contributed by atoms with E-state index in [9.17, 15) is 13.2 Å². The molecule has 0 saturated carbocycles. The second kappa shape index (κ2) is 6.76. The summed E-state index contributed by atoms with van der Waals surface area (Å²) < 4.78 is 44.5. The monoisotopic (exact) mass is 346 g/mol. The van der Waals surface area contributed by atoms with E-state index >= 15 is 0 Å². The van der Waals surface area contributed by atoms with E-state index in [0.29, 0.717) is 17.0 Å². The van der Waals surface area contributed by atoms with Gasteiger partial charge in [-0.3, -0.25) is 4.98 Å². The zero-order valence-corrected chi connectivity index (χ0v) is 13.1. The smallest absolute Gasteiger partial charge is 0.433 e. The first-order chi connectivity index (χ1) is 12.0. The molecule has 0 aliphatic heterocycles. The van der Waals surface area contributed by atoms with Crippen LogP contribution in [-0.2, 0) is 6.18 Å². The lowest BCUT2D eigenvalue weighted by atomic mass is 10.2. The van der Waals surface area contributed by atoms with Crippen LogP contribution in [0, 0.1) is 0 Å². The van der Waals surface area contributed by atoms with Crippen molar-refractivity contribution >= 4 is 11.5 Å². The number of pyridine rings is 1. The number of aromatic nitrogens is 3. The van der Waals surface area contributed by atoms with Gasteiger partial charge in [-0.25, -0.2) is 9.97 Å². The van der Waals surface area contributed by atoms with E-state index in [-0.39, 0.29) is 11.6 Å². The second-order valence-electron chi connectivity index (χ2n) is 5.05. The molecule has 0 spiro atoms. The zero-order valence-electron chi connectivity index (χ0n) is 13.1. The molecular weight excluding hydrogens is 333 g/mol. The molecule has 1 N–H and O–H groups in total. The summed E-state index contributed by atoms with van der Waals surface area (Å²) >= 11 is 0. The molecule has 0 atom stereocenters. The molecule has 0 aliphatic rings. The number of hydrogen-bond donors (Lipinski definition) is 1. The molecule has 0 fully saturated rings. The highest BCUT2D eigenvalue weighted by atomic mass is 19.4. The van der Waals surface area contributed by atoms with Crippen molar-refractivity contribution in [2.45, 2.75) is 6.18 Å². The summed E-state index contributed by atoms with van der Waals surface area (Å²) in [5.41, 5.74) is -0.0616. The Bertz CT molecular complexity index is 852. The molecule has 0 aliphatic carbocycles. The molecule has 128 valence electrons. The van der Waals surface area contributed by atoms with Crippen LogP contribution in [-0.4, -0.2) is 22.1 Å². The first-order valence-corrected chi connectivity index (χ1v) is 7.23. The summed E-state index contributed by atoms with van der Waals surface area (Å²) in [6.07, 6.45) is -1.66. The number of benzene rings is 1. The molecule has 2 aromatic heterocycles. The zero-order chi connectivity index (χ0) is 17.9. The highest BCUT2D eigenvalue weighted by Crippen LogP contribution is 2.31. The molecule has 3 rings (SSSR count). The van der Waals surface area contributed by atoms with Crippen molar-refractivity contribution in [3.05, 3.63) is 60.6 Å². The predicted molar refractivity (Wildman–Crippen MR) is 86.5 cm³/mol. The molecule has 0 radical (unpaired) electrons. The highest BCUT2D eigenvalue weighted by molar-refractivity contribution is 5.61. The van der Waals surface area contributed by atoms with E-state index in [1.54, 1.807) is 36.4 Å². The van der Waals surface area contributed by atoms with Crippen LogP contribution in [0.3, 0.4) is 0 Å². The van der Waals surface area contributed by atoms with Crippen LogP contribution in [0.1, 0.15) is 5.69 Å². The minimum atomic E-state index is -4.59. The lowest BCUT2D eigenvalue weighted by Gasteiger charge is -2.12. The molecule has 0 bridgehead atoms. The maximum absolute atomic E-state index is 13.2. The number of anilines is 2. The van der Waals surface area contributed by atoms with Gasteiger partial charge in [-0.05, 0) is 36.4 Å². The van der Waals surface area contributed by atoms with Crippen molar-refractivity contribution in [2.24, 2.45) is 0 Å². The van der Waals surface area contributed by atoms with Crippen LogP contribution < -0.4 is 10.1 Å². The SMILES string of the molecule is COc1ccc(Nc2cc(C(F)(F)F)nc(-c3cccnc3)n2)cc1. The Morgan fingerprint density at radius 3 is 2.40 bits per heavy atom. The van der Waals surface area contributed by atoms with Gasteiger partial charge in [-0.15, -0.1) is 0 Å². The van der Waals surface area contributed by atoms with Gasteiger partial charge < -0.3 is 10.1 Å². The van der Waals surface area contributed by atoms with Gasteiger partial charge in [-0.2, -0.15) is 13.2 Å². The van der Waals surface area contributed by atoms with Crippen LogP contribution in [0.15, 0.2) is 54.9 Å². The molecule has 0 saturated heterocycles. The van der Waals surface area contributed by atoms with Crippen molar-refractivity contribution in [3.8, 4) is 17.1 Å². The summed E-state index contributed by atoms with van der Waals surface area (Å²) in [5, 5.41) is 2.85. The Labute approximate surface area is 141 Å². The third-order valence-electron chi connectivity index (χ3n) is 3.30. The number of methoxy groups -OCH3 is 1. The number of hydrogen-bond acceptors (Lipinski definition) is 5. The fourth-order valence-corrected chi connectivity index (χ4v) is 2.10. The van der Waals surface area contributed by atoms with Gasteiger partial charge in [0.2, 0.25) is 0 Å². The van der Waals surface area contributed by atoms with Crippen LogP contribution in [0.25, 0.3) is 11.4 Å². The average molecular weight is 346 g/mol. The number of nitrogens with one attached hydrogen (secondary N) is 1. The molecule has 8 heteroatoms. The fourth-order valence-electron chi connectivity index (χ4n) is 2.10. The summed E-state index contributed by atoms with van der Waals surface area (Å²) in [5.74, 6) is 0.616. The van der Waals surface area contributed by atoms with Gasteiger partial charge in [0, 0.05) is 29.7 Å². The second-order valence-corrected chi connectivity index (χ2v) is 5.05. The van der Waals surface area contributed by atoms with Gasteiger partial charge in [0.1, 0.15) is 11.6 Å². The summed E-state index contributed by atoms with van der Waals surface area (Å²) in [6.45, 7) is 0. The third kappa shape index (κ3) is 4.03. The molecule has 3 aromatic rings. The number of nitrogens with zero attached hydrogens (tertiary/aromatic N) is 3. The summed E-state index contributed by atoms with van der Waals surface area (Å²) in [7, 11) is 1.53. The lowest BCUT2D eigenvalue weighted by molar-refractivity contribution is -0.141. The van der Waals surface area contributed by atoms with Gasteiger partial charge in [-0.1, -0.05) is 0 Å². The van der Waals surface area contributed by atoms with Crippen LogP contribution in [0.5, 0.6) is 5.75 Å². The van der Waals surface area contributed by atoms with Crippen LogP contribution in [0.2, 0.25) is 0 Å². The molecule has 25 heavy (non-hydrogen) atoms. The molecular formula is C17H13F3N4O. The van der Waals surface area contributed by atoms with Gasteiger partial charge >= 0.3 is 6.18 Å². The third-order valence-corrected chi connectivity index (χ3v) is 3.30. The minimum absolute atomic E-state index is 0.0337. The first-order valence-electron chi connectivity index (χ1n) is 7.23. The van der Waals surface area contributed by atoms with Crippen molar-refractivity contribution < 1.29 is 17.9 Å². The number of ether oxygens (including phenoxy) is 1. The van der Waals surface area contributed by atoms with E-state index in [0.717, 1.165) is 6.07 Å². The van der Waals surface area contributed by atoms with E-state index in [4.69, 9.17) is 4.74 Å². The normalized spacial score (nSPS) is 11.2. The van der Waals surface area contributed by atoms with Crippen molar-refractivity contribution in [2.75, 3.05) is 12.4 Å². The standard InChI is InChI=1S/C17H13F3N4O/c1-25-13-6-4-12(5-7-13)22-15-9-14(17(18,19)20)23-16(24-15)11-3-2-8-21-10-11/h2-10H,1H3,(H,22,23,24). The van der Waals surface area contributed by atoms with Gasteiger partial charge in [0.05, 0.1) is 7.11 Å². The Kier molecular flexibility index (Phi) is 4.51. The fraction of sp³-hybridized carbons (Fsp3) is 0.118. The number of alkyl halides is 3. The van der Waals surface area contributed by atoms with Crippen molar-refractivity contribution in [1.29, 1.82) is 0 Å². The Balaban J connectivity index is 2.00. The summed E-state index contributed by atoms with van der Waals surface area (Å²) in [4.78, 5) is 11.7. The number of rotatable bonds is 4. The first kappa shape index (κ1) is 16.7. The average Bonchev–Trinajstić information content (AvgIpc) is 2.62. The Morgan fingerprint density at radius 1 is 1.04 bits per heavy atom. The predicted octanol–water partition coefficient (Wildman–Crippen LogP) is 4.31. The van der Waals surface area contributed by atoms with Crippen molar-refractivity contribution in [3.63, 3.8) is 0 Å². The maximum Gasteiger partial charge on any atom is 0.433 e. The molecule has 0 unspecified atom stereocenters. The van der Waals surface area contributed by atoms with E-state index in [1.807, 2.05) is 0 Å². The number of halogens is 3.